The Bertz CT molecular complexity index is 192. The van der Waals surface area contributed by atoms with Crippen LogP contribution in [0.3, 0.4) is 0 Å². The van der Waals surface area contributed by atoms with Crippen LogP contribution in [0.5, 0.6) is 0 Å². The summed E-state index contributed by atoms with van der Waals surface area (Å²) in [5, 5.41) is 9.36. The topological polar surface area (TPSA) is 37.3 Å². The second-order valence-corrected chi connectivity index (χ2v) is 5.22. The molecule has 0 saturated carbocycles. The lowest BCUT2D eigenvalue weighted by Crippen LogP contribution is -2.36. The molecule has 0 aromatic carbocycles. The average Bonchev–Trinajstić information content (AvgIpc) is 1.98. The van der Waals surface area contributed by atoms with E-state index in [1.807, 2.05) is 0 Å². The fourth-order valence-electron chi connectivity index (χ4n) is 1.74. The maximum atomic E-state index is 11.5. The van der Waals surface area contributed by atoms with Crippen LogP contribution in [-0.2, 0) is 4.79 Å². The van der Waals surface area contributed by atoms with Gasteiger partial charge in [-0.1, -0.05) is 27.7 Å². The third-order valence-electron chi connectivity index (χ3n) is 3.45. The molecule has 1 N–H and O–H groups in total. The average molecular weight is 200 g/mol. The standard InChI is InChI=1S/C12H24O2/c1-8(2)12(5,6)11(10(4)14)7-9(3)13/h8-9,11,13H,7H2,1-6H3. The molecule has 0 rings (SSSR count). The molecule has 0 bridgehead atoms. The number of ketones is 1. The highest BCUT2D eigenvalue weighted by Gasteiger charge is 2.36. The summed E-state index contributed by atoms with van der Waals surface area (Å²) in [5.74, 6) is 0.585. The summed E-state index contributed by atoms with van der Waals surface area (Å²) < 4.78 is 0. The number of carbonyl (C=O) groups excluding carboxylic acids is 1. The Kier molecular flexibility index (Phi) is 4.79. The molecule has 0 aromatic rings. The van der Waals surface area contributed by atoms with Crippen LogP contribution in [0.15, 0.2) is 0 Å². The van der Waals surface area contributed by atoms with Gasteiger partial charge in [-0.3, -0.25) is 4.79 Å². The first-order valence-electron chi connectivity index (χ1n) is 5.38. The van der Waals surface area contributed by atoms with Gasteiger partial charge < -0.3 is 5.11 Å². The van der Waals surface area contributed by atoms with Crippen LogP contribution >= 0.6 is 0 Å². The van der Waals surface area contributed by atoms with Gasteiger partial charge in [0.2, 0.25) is 0 Å². The SMILES string of the molecule is CC(=O)C(CC(C)O)C(C)(C)C(C)C. The van der Waals surface area contributed by atoms with Crippen LogP contribution in [0, 0.1) is 17.3 Å². The number of carbonyl (C=O) groups is 1. The quantitative estimate of drug-likeness (QED) is 0.740. The minimum atomic E-state index is -0.401. The van der Waals surface area contributed by atoms with Crippen LogP contribution in [0.1, 0.15) is 48.0 Å². The molecule has 2 atom stereocenters. The third kappa shape index (κ3) is 3.41. The third-order valence-corrected chi connectivity index (χ3v) is 3.45. The van der Waals surface area contributed by atoms with E-state index in [1.165, 1.54) is 0 Å². The monoisotopic (exact) mass is 200 g/mol. The van der Waals surface area contributed by atoms with Gasteiger partial charge in [-0.05, 0) is 31.6 Å². The summed E-state index contributed by atoms with van der Waals surface area (Å²) in [7, 11) is 0. The number of rotatable bonds is 5. The molecule has 2 nitrogen and oxygen atoms in total. The summed E-state index contributed by atoms with van der Waals surface area (Å²) in [6, 6.07) is 0. The van der Waals surface area contributed by atoms with E-state index in [9.17, 15) is 9.90 Å². The molecule has 0 aliphatic heterocycles. The van der Waals surface area contributed by atoms with Crippen molar-refractivity contribution in [1.29, 1.82) is 0 Å². The van der Waals surface area contributed by atoms with Gasteiger partial charge in [0.15, 0.2) is 0 Å². The molecule has 0 radical (unpaired) electrons. The molecule has 0 aliphatic carbocycles. The van der Waals surface area contributed by atoms with Gasteiger partial charge in [-0.25, -0.2) is 0 Å². The number of Topliss-reactive ketones (excluding diaryl/α,β-unsaturated/α-hetero) is 1. The van der Waals surface area contributed by atoms with Crippen LogP contribution in [0.4, 0.5) is 0 Å². The van der Waals surface area contributed by atoms with Gasteiger partial charge in [-0.2, -0.15) is 0 Å². The van der Waals surface area contributed by atoms with Crippen LogP contribution in [0.2, 0.25) is 0 Å². The van der Waals surface area contributed by atoms with Gasteiger partial charge in [-0.15, -0.1) is 0 Å². The van der Waals surface area contributed by atoms with Crippen molar-refractivity contribution in [3.05, 3.63) is 0 Å². The molecule has 0 aliphatic rings. The minimum absolute atomic E-state index is 0.0389. The van der Waals surface area contributed by atoms with E-state index in [0.717, 1.165) is 0 Å². The molecule has 0 amide bonds. The van der Waals surface area contributed by atoms with Crippen LogP contribution < -0.4 is 0 Å². The highest BCUT2D eigenvalue weighted by atomic mass is 16.3. The Labute approximate surface area is 87.7 Å². The van der Waals surface area contributed by atoms with E-state index in [1.54, 1.807) is 13.8 Å². The fraction of sp³-hybridized carbons (Fsp3) is 0.917. The summed E-state index contributed by atoms with van der Waals surface area (Å²) in [4.78, 5) is 11.5. The Morgan fingerprint density at radius 1 is 1.29 bits per heavy atom. The molecule has 84 valence electrons. The highest BCUT2D eigenvalue weighted by molar-refractivity contribution is 5.79. The number of aliphatic hydroxyl groups is 1. The van der Waals surface area contributed by atoms with Crippen molar-refractivity contribution in [1.82, 2.24) is 0 Å². The number of hydrogen-bond acceptors (Lipinski definition) is 2. The van der Waals surface area contributed by atoms with Crippen molar-refractivity contribution >= 4 is 5.78 Å². The molecule has 0 saturated heterocycles. The zero-order chi connectivity index (χ0) is 11.5. The molecule has 14 heavy (non-hydrogen) atoms. The second kappa shape index (κ2) is 4.92. The number of aliphatic hydroxyl groups excluding tert-OH is 1. The predicted molar refractivity (Wildman–Crippen MR) is 59.1 cm³/mol. The maximum Gasteiger partial charge on any atom is 0.133 e. The zero-order valence-electron chi connectivity index (χ0n) is 10.3. The molecular weight excluding hydrogens is 176 g/mol. The zero-order valence-corrected chi connectivity index (χ0v) is 10.3. The Hall–Kier alpha value is -0.370. The van der Waals surface area contributed by atoms with Gasteiger partial charge in [0.05, 0.1) is 6.10 Å². The second-order valence-electron chi connectivity index (χ2n) is 5.22. The Balaban J connectivity index is 4.73. The van der Waals surface area contributed by atoms with Crippen molar-refractivity contribution in [2.45, 2.75) is 54.1 Å². The first kappa shape index (κ1) is 13.6. The first-order chi connectivity index (χ1) is 6.19. The summed E-state index contributed by atoms with van der Waals surface area (Å²) >= 11 is 0. The van der Waals surface area contributed by atoms with E-state index in [2.05, 4.69) is 27.7 Å². The molecule has 0 fully saturated rings. The van der Waals surface area contributed by atoms with Crippen molar-refractivity contribution < 1.29 is 9.90 Å². The smallest absolute Gasteiger partial charge is 0.133 e. The Morgan fingerprint density at radius 3 is 1.93 bits per heavy atom. The Morgan fingerprint density at radius 2 is 1.71 bits per heavy atom. The van der Waals surface area contributed by atoms with Crippen molar-refractivity contribution in [2.24, 2.45) is 17.3 Å². The molecule has 0 heterocycles. The lowest BCUT2D eigenvalue weighted by Gasteiger charge is -2.37. The van der Waals surface area contributed by atoms with Crippen LogP contribution in [-0.4, -0.2) is 17.0 Å². The van der Waals surface area contributed by atoms with E-state index >= 15 is 0 Å². The largest absolute Gasteiger partial charge is 0.393 e. The molecule has 0 aromatic heterocycles. The molecule has 0 spiro atoms. The van der Waals surface area contributed by atoms with E-state index < -0.39 is 6.10 Å². The van der Waals surface area contributed by atoms with Gasteiger partial charge in [0.25, 0.3) is 0 Å². The summed E-state index contributed by atoms with van der Waals surface area (Å²) in [5.41, 5.74) is -0.0389. The predicted octanol–water partition coefficient (Wildman–Crippen LogP) is 2.64. The lowest BCUT2D eigenvalue weighted by molar-refractivity contribution is -0.126. The lowest BCUT2D eigenvalue weighted by atomic mass is 9.67. The highest BCUT2D eigenvalue weighted by Crippen LogP contribution is 2.38. The van der Waals surface area contributed by atoms with Crippen molar-refractivity contribution in [3.63, 3.8) is 0 Å². The van der Waals surface area contributed by atoms with E-state index in [4.69, 9.17) is 0 Å². The normalized spacial score (nSPS) is 16.9. The summed E-state index contributed by atoms with van der Waals surface area (Å²) in [6.45, 7) is 11.8. The van der Waals surface area contributed by atoms with Gasteiger partial charge in [0, 0.05) is 5.92 Å². The molecule has 2 unspecified atom stereocenters. The van der Waals surface area contributed by atoms with E-state index in [0.29, 0.717) is 12.3 Å². The number of hydrogen-bond donors (Lipinski definition) is 1. The first-order valence-corrected chi connectivity index (χ1v) is 5.38. The van der Waals surface area contributed by atoms with E-state index in [-0.39, 0.29) is 17.1 Å². The molecular formula is C12H24O2. The fourth-order valence-corrected chi connectivity index (χ4v) is 1.74. The summed E-state index contributed by atoms with van der Waals surface area (Å²) in [6.07, 6.45) is 0.169. The minimum Gasteiger partial charge on any atom is -0.393 e. The maximum absolute atomic E-state index is 11.5. The van der Waals surface area contributed by atoms with Crippen LogP contribution in [0.25, 0.3) is 0 Å². The molecule has 2 heteroatoms. The van der Waals surface area contributed by atoms with Crippen molar-refractivity contribution in [3.8, 4) is 0 Å². The van der Waals surface area contributed by atoms with Gasteiger partial charge in [0.1, 0.15) is 5.78 Å². The van der Waals surface area contributed by atoms with Crippen molar-refractivity contribution in [2.75, 3.05) is 0 Å². The van der Waals surface area contributed by atoms with Gasteiger partial charge >= 0.3 is 0 Å².